The van der Waals surface area contributed by atoms with Gasteiger partial charge in [-0.15, -0.1) is 0 Å². The Bertz CT molecular complexity index is 324. The second kappa shape index (κ2) is 5.53. The van der Waals surface area contributed by atoms with Gasteiger partial charge in [0.2, 0.25) is 12.8 Å². The number of nitrogens with zero attached hydrogens (tertiary/aromatic N) is 2. The van der Waals surface area contributed by atoms with Crippen LogP contribution in [0.5, 0.6) is 0 Å². The van der Waals surface area contributed by atoms with E-state index in [1.54, 1.807) is 49.1 Å². The second-order valence-electron chi connectivity index (χ2n) is 2.47. The largest absolute Gasteiger partial charge is 0.297 e. The van der Waals surface area contributed by atoms with Crippen LogP contribution in [0, 0.1) is 0 Å². The zero-order valence-electron chi connectivity index (χ0n) is 7.48. The van der Waals surface area contributed by atoms with Gasteiger partial charge in [-0.3, -0.25) is 18.7 Å². The summed E-state index contributed by atoms with van der Waals surface area (Å²) in [6, 6.07) is 7.20. The molecule has 4 heteroatoms. The van der Waals surface area contributed by atoms with Crippen LogP contribution in [0.4, 0.5) is 0 Å². The molecule has 2 aromatic rings. The Morgan fingerprint density at radius 3 is 1.07 bits per heavy atom. The quantitative estimate of drug-likeness (QED) is 0.664. The molecule has 0 N–H and O–H groups in total. The summed E-state index contributed by atoms with van der Waals surface area (Å²) >= 11 is 0. The Hall–Kier alpha value is -2.10. The van der Waals surface area contributed by atoms with Crippen LogP contribution in [0.15, 0.2) is 49.1 Å². The molecule has 2 aromatic heterocycles. The summed E-state index contributed by atoms with van der Waals surface area (Å²) in [5, 5.41) is 0. The van der Waals surface area contributed by atoms with Gasteiger partial charge in [0.1, 0.15) is 0 Å². The standard InChI is InChI=1S/2C5H5NO/c2*7-5-6-3-1-2-4-6/h2*1-5H. The normalized spacial score (nSPS) is 8.57. The first-order valence-corrected chi connectivity index (χ1v) is 4.02. The fourth-order valence-corrected chi connectivity index (χ4v) is 0.836. The van der Waals surface area contributed by atoms with Crippen molar-refractivity contribution in [3.8, 4) is 0 Å². The van der Waals surface area contributed by atoms with E-state index in [0.717, 1.165) is 12.8 Å². The van der Waals surface area contributed by atoms with Crippen LogP contribution < -0.4 is 0 Å². The highest BCUT2D eigenvalue weighted by atomic mass is 16.1. The average molecular weight is 190 g/mol. The third-order valence-electron chi connectivity index (χ3n) is 1.50. The van der Waals surface area contributed by atoms with Crippen molar-refractivity contribution in [1.29, 1.82) is 0 Å². The van der Waals surface area contributed by atoms with Gasteiger partial charge in [0.15, 0.2) is 0 Å². The van der Waals surface area contributed by atoms with E-state index in [0.29, 0.717) is 0 Å². The van der Waals surface area contributed by atoms with Crippen LogP contribution in [0.2, 0.25) is 0 Å². The predicted octanol–water partition coefficient (Wildman–Crippen LogP) is 1.05. The molecule has 72 valence electrons. The fourth-order valence-electron chi connectivity index (χ4n) is 0.836. The monoisotopic (exact) mass is 190 g/mol. The summed E-state index contributed by atoms with van der Waals surface area (Å²) in [6.07, 6.45) is 8.25. The van der Waals surface area contributed by atoms with Crippen molar-refractivity contribution < 1.29 is 9.59 Å². The first kappa shape index (κ1) is 9.98. The van der Waals surface area contributed by atoms with E-state index in [-0.39, 0.29) is 0 Å². The molecule has 0 amide bonds. The minimum Gasteiger partial charge on any atom is -0.297 e. The van der Waals surface area contributed by atoms with Crippen LogP contribution in [-0.4, -0.2) is 22.0 Å². The summed E-state index contributed by atoms with van der Waals surface area (Å²) in [5.41, 5.74) is 0. The molecule has 0 atom stereocenters. The Morgan fingerprint density at radius 2 is 0.929 bits per heavy atom. The third kappa shape index (κ3) is 3.10. The van der Waals surface area contributed by atoms with Gasteiger partial charge < -0.3 is 0 Å². The van der Waals surface area contributed by atoms with Gasteiger partial charge in [0, 0.05) is 24.8 Å². The van der Waals surface area contributed by atoms with E-state index in [4.69, 9.17) is 0 Å². The van der Waals surface area contributed by atoms with E-state index >= 15 is 0 Å². The first-order chi connectivity index (χ1) is 6.86. The molecule has 0 fully saturated rings. The molecule has 0 aliphatic rings. The molecule has 14 heavy (non-hydrogen) atoms. The van der Waals surface area contributed by atoms with Gasteiger partial charge in [-0.1, -0.05) is 0 Å². The first-order valence-electron chi connectivity index (χ1n) is 4.02. The highest BCUT2D eigenvalue weighted by molar-refractivity contribution is 5.51. The molecule has 0 saturated heterocycles. The van der Waals surface area contributed by atoms with E-state index in [1.807, 2.05) is 0 Å². The molecule has 0 unspecified atom stereocenters. The predicted molar refractivity (Wildman–Crippen MR) is 53.2 cm³/mol. The summed E-state index contributed by atoms with van der Waals surface area (Å²) in [5.74, 6) is 0. The van der Waals surface area contributed by atoms with Crippen LogP contribution in [-0.2, 0) is 9.59 Å². The summed E-state index contributed by atoms with van der Waals surface area (Å²) in [7, 11) is 0. The average Bonchev–Trinajstić information content (AvgIpc) is 2.92. The molecule has 4 nitrogen and oxygen atoms in total. The minimum atomic E-state index is 0.750. The van der Waals surface area contributed by atoms with Crippen LogP contribution in [0.25, 0.3) is 0 Å². The lowest BCUT2D eigenvalue weighted by molar-refractivity contribution is 0.547. The van der Waals surface area contributed by atoms with Gasteiger partial charge >= 0.3 is 0 Å². The Balaban J connectivity index is 0.000000140. The van der Waals surface area contributed by atoms with Crippen LogP contribution >= 0.6 is 0 Å². The van der Waals surface area contributed by atoms with Gasteiger partial charge in [-0.2, -0.15) is 0 Å². The molecule has 0 bridgehead atoms. The van der Waals surface area contributed by atoms with Gasteiger partial charge in [0.05, 0.1) is 0 Å². The summed E-state index contributed by atoms with van der Waals surface area (Å²) in [6.45, 7) is 0. The molecule has 2 rings (SSSR count). The topological polar surface area (TPSA) is 44.0 Å². The summed E-state index contributed by atoms with van der Waals surface area (Å²) < 4.78 is 2.89. The molecule has 2 heterocycles. The lowest BCUT2D eigenvalue weighted by Crippen LogP contribution is -1.85. The van der Waals surface area contributed by atoms with Gasteiger partial charge in [0.25, 0.3) is 0 Å². The number of carbonyl (C=O) groups excluding carboxylic acids is 2. The van der Waals surface area contributed by atoms with Crippen molar-refractivity contribution in [2.75, 3.05) is 0 Å². The van der Waals surface area contributed by atoms with Crippen LogP contribution in [0.3, 0.4) is 0 Å². The maximum absolute atomic E-state index is 9.83. The number of hydrogen-bond acceptors (Lipinski definition) is 2. The smallest absolute Gasteiger partial charge is 0.217 e. The van der Waals surface area contributed by atoms with E-state index in [1.165, 1.54) is 9.13 Å². The van der Waals surface area contributed by atoms with Gasteiger partial charge in [-0.25, -0.2) is 0 Å². The van der Waals surface area contributed by atoms with Crippen molar-refractivity contribution in [2.45, 2.75) is 0 Å². The summed E-state index contributed by atoms with van der Waals surface area (Å²) in [4.78, 5) is 19.7. The zero-order chi connectivity index (χ0) is 10.2. The Morgan fingerprint density at radius 1 is 0.643 bits per heavy atom. The molecule has 0 saturated carbocycles. The SMILES string of the molecule is O=Cn1cccc1.O=Cn1cccc1. The highest BCUT2D eigenvalue weighted by Crippen LogP contribution is 1.81. The highest BCUT2D eigenvalue weighted by Gasteiger charge is 1.76. The molecule has 0 aromatic carbocycles. The van der Waals surface area contributed by atoms with Crippen molar-refractivity contribution in [3.05, 3.63) is 49.1 Å². The van der Waals surface area contributed by atoms with Crippen molar-refractivity contribution in [3.63, 3.8) is 0 Å². The Labute approximate surface area is 81.4 Å². The number of carbonyl (C=O) groups is 2. The molecular weight excluding hydrogens is 180 g/mol. The minimum absolute atomic E-state index is 0.750. The second-order valence-corrected chi connectivity index (χ2v) is 2.47. The van der Waals surface area contributed by atoms with Crippen LogP contribution in [0.1, 0.15) is 0 Å². The lowest BCUT2D eigenvalue weighted by Gasteiger charge is -1.77. The molecule has 0 spiro atoms. The maximum Gasteiger partial charge on any atom is 0.217 e. The van der Waals surface area contributed by atoms with E-state index in [9.17, 15) is 9.59 Å². The Kier molecular flexibility index (Phi) is 3.94. The van der Waals surface area contributed by atoms with E-state index in [2.05, 4.69) is 0 Å². The molecule has 0 radical (unpaired) electrons. The molecule has 0 aliphatic heterocycles. The number of aromatic nitrogens is 2. The third-order valence-corrected chi connectivity index (χ3v) is 1.50. The van der Waals surface area contributed by atoms with E-state index < -0.39 is 0 Å². The van der Waals surface area contributed by atoms with Crippen molar-refractivity contribution in [1.82, 2.24) is 9.13 Å². The van der Waals surface area contributed by atoms with Gasteiger partial charge in [-0.05, 0) is 24.3 Å². The number of hydrogen-bond donors (Lipinski definition) is 0. The molecular formula is C10H10N2O2. The van der Waals surface area contributed by atoms with Crippen molar-refractivity contribution >= 4 is 12.8 Å². The fraction of sp³-hybridized carbons (Fsp3) is 0. The molecule has 0 aliphatic carbocycles. The maximum atomic E-state index is 9.83. The zero-order valence-corrected chi connectivity index (χ0v) is 7.48. The lowest BCUT2D eigenvalue weighted by atomic mass is 10.7. The number of rotatable bonds is 2. The van der Waals surface area contributed by atoms with Crippen molar-refractivity contribution in [2.24, 2.45) is 0 Å².